The maximum Gasteiger partial charge on any atom is 0.417 e. The Morgan fingerprint density at radius 3 is 1.95 bits per heavy atom. The van der Waals surface area contributed by atoms with E-state index in [0.717, 1.165) is 6.92 Å². The fraction of sp³-hybridized carbons (Fsp3) is 0.923. The lowest BCUT2D eigenvalue weighted by Crippen LogP contribution is -2.53. The normalized spacial score (nSPS) is 21.5. The van der Waals surface area contributed by atoms with E-state index in [1.54, 1.807) is 20.8 Å². The predicted molar refractivity (Wildman–Crippen MR) is 67.2 cm³/mol. The van der Waals surface area contributed by atoms with Crippen LogP contribution in [0.3, 0.4) is 0 Å². The molecule has 0 aromatic carbocycles. The Balaban J connectivity index is 2.58. The van der Waals surface area contributed by atoms with Gasteiger partial charge in [-0.3, -0.25) is 0 Å². The van der Waals surface area contributed by atoms with Gasteiger partial charge in [-0.1, -0.05) is 0 Å². The highest BCUT2D eigenvalue weighted by molar-refractivity contribution is 5.68. The molecule has 0 aromatic heterocycles. The van der Waals surface area contributed by atoms with Gasteiger partial charge in [0.1, 0.15) is 5.60 Å². The van der Waals surface area contributed by atoms with Crippen LogP contribution in [0.2, 0.25) is 0 Å². The second kappa shape index (κ2) is 5.42. The van der Waals surface area contributed by atoms with Gasteiger partial charge >= 0.3 is 12.3 Å². The maximum atomic E-state index is 12.7. The molecule has 0 bridgehead atoms. The lowest BCUT2D eigenvalue weighted by Gasteiger charge is -2.40. The van der Waals surface area contributed by atoms with Gasteiger partial charge in [0.05, 0.1) is 0 Å². The van der Waals surface area contributed by atoms with Crippen molar-refractivity contribution in [1.82, 2.24) is 4.90 Å². The minimum absolute atomic E-state index is 0.103. The Bertz CT molecular complexity index is 353. The lowest BCUT2D eigenvalue weighted by molar-refractivity contribution is -0.275. The average Bonchev–Trinajstić information content (AvgIpc) is 2.25. The van der Waals surface area contributed by atoms with Crippen LogP contribution in [0.4, 0.5) is 18.0 Å². The number of carbonyl (C=O) groups excluding carboxylic acids is 1. The first-order valence-corrected chi connectivity index (χ1v) is 6.61. The molecule has 1 fully saturated rings. The van der Waals surface area contributed by atoms with Crippen molar-refractivity contribution in [2.45, 2.75) is 57.9 Å². The van der Waals surface area contributed by atoms with Gasteiger partial charge in [-0.2, -0.15) is 13.2 Å². The first-order chi connectivity index (χ1) is 8.84. The van der Waals surface area contributed by atoms with Gasteiger partial charge in [0.25, 0.3) is 0 Å². The number of nitrogens with zero attached hydrogens (tertiary/aromatic N) is 1. The van der Waals surface area contributed by atoms with E-state index in [2.05, 4.69) is 0 Å². The van der Waals surface area contributed by atoms with Crippen molar-refractivity contribution in [1.29, 1.82) is 0 Å². The molecule has 1 heterocycles. The molecular formula is C13H22F3NO3. The number of aliphatic hydroxyl groups is 1. The molecule has 20 heavy (non-hydrogen) atoms. The van der Waals surface area contributed by atoms with Crippen LogP contribution < -0.4 is 0 Å². The number of amides is 1. The molecule has 1 N–H and O–H groups in total. The van der Waals surface area contributed by atoms with Gasteiger partial charge in [-0.15, -0.1) is 0 Å². The van der Waals surface area contributed by atoms with Crippen molar-refractivity contribution in [3.05, 3.63) is 0 Å². The number of ether oxygens (including phenoxy) is 1. The van der Waals surface area contributed by atoms with Gasteiger partial charge in [-0.05, 0) is 46.5 Å². The summed E-state index contributed by atoms with van der Waals surface area (Å²) in [7, 11) is 0. The lowest BCUT2D eigenvalue weighted by atomic mass is 9.81. The molecule has 0 radical (unpaired) electrons. The highest BCUT2D eigenvalue weighted by Crippen LogP contribution is 2.40. The summed E-state index contributed by atoms with van der Waals surface area (Å²) in [5.74, 6) is -0.902. The molecule has 7 heteroatoms. The summed E-state index contributed by atoms with van der Waals surface area (Å²) < 4.78 is 43.4. The maximum absolute atomic E-state index is 12.7. The number of hydrogen-bond donors (Lipinski definition) is 1. The van der Waals surface area contributed by atoms with Crippen LogP contribution >= 0.6 is 0 Å². The van der Waals surface area contributed by atoms with Crippen molar-refractivity contribution >= 4 is 6.09 Å². The van der Waals surface area contributed by atoms with E-state index in [0.29, 0.717) is 0 Å². The molecule has 0 aromatic rings. The van der Waals surface area contributed by atoms with Crippen LogP contribution in [0.5, 0.6) is 0 Å². The standard InChI is InChI=1S/C13H22F3NO3/c1-11(2,3)20-10(18)17-7-5-9(6-8-17)12(4,19)13(14,15)16/h9,19H,5-8H2,1-4H3. The molecule has 1 atom stereocenters. The summed E-state index contributed by atoms with van der Waals surface area (Å²) >= 11 is 0. The van der Waals surface area contributed by atoms with Crippen molar-refractivity contribution in [2.75, 3.05) is 13.1 Å². The van der Waals surface area contributed by atoms with Gasteiger partial charge in [0.2, 0.25) is 0 Å². The number of carbonyl (C=O) groups is 1. The highest BCUT2D eigenvalue weighted by atomic mass is 19.4. The molecule has 1 amide bonds. The van der Waals surface area contributed by atoms with E-state index in [1.165, 1.54) is 4.90 Å². The summed E-state index contributed by atoms with van der Waals surface area (Å²) in [6.45, 7) is 6.29. The highest BCUT2D eigenvalue weighted by Gasteiger charge is 2.55. The van der Waals surface area contributed by atoms with Crippen molar-refractivity contribution < 1.29 is 27.8 Å². The average molecular weight is 297 g/mol. The molecule has 1 rings (SSSR count). The smallest absolute Gasteiger partial charge is 0.417 e. The van der Waals surface area contributed by atoms with E-state index >= 15 is 0 Å². The molecule has 1 aliphatic rings. The zero-order chi connectivity index (χ0) is 15.8. The Kier molecular flexibility index (Phi) is 4.63. The Hall–Kier alpha value is -0.980. The third-order valence-corrected chi connectivity index (χ3v) is 3.52. The Labute approximate surface area is 116 Å². The molecule has 1 saturated heterocycles. The third kappa shape index (κ3) is 4.01. The monoisotopic (exact) mass is 297 g/mol. The third-order valence-electron chi connectivity index (χ3n) is 3.52. The predicted octanol–water partition coefficient (Wildman–Crippen LogP) is 2.95. The molecule has 1 aliphatic heterocycles. The van der Waals surface area contributed by atoms with Crippen molar-refractivity contribution in [3.8, 4) is 0 Å². The number of halogens is 3. The van der Waals surface area contributed by atoms with Crippen molar-refractivity contribution in [2.24, 2.45) is 5.92 Å². The number of piperidine rings is 1. The van der Waals surface area contributed by atoms with Gasteiger partial charge in [0, 0.05) is 13.1 Å². The van der Waals surface area contributed by atoms with E-state index in [1.807, 2.05) is 0 Å². The van der Waals surface area contributed by atoms with Crippen LogP contribution in [0.1, 0.15) is 40.5 Å². The van der Waals surface area contributed by atoms with Gasteiger partial charge in [-0.25, -0.2) is 4.79 Å². The Morgan fingerprint density at radius 1 is 1.15 bits per heavy atom. The van der Waals surface area contributed by atoms with Crippen LogP contribution in [-0.4, -0.2) is 46.6 Å². The van der Waals surface area contributed by atoms with Crippen LogP contribution in [0.15, 0.2) is 0 Å². The number of likely N-dealkylation sites (tertiary alicyclic amines) is 1. The molecule has 0 aliphatic carbocycles. The van der Waals surface area contributed by atoms with Crippen LogP contribution in [-0.2, 0) is 4.74 Å². The Morgan fingerprint density at radius 2 is 1.60 bits per heavy atom. The molecule has 0 saturated carbocycles. The molecule has 1 unspecified atom stereocenters. The molecule has 4 nitrogen and oxygen atoms in total. The first kappa shape index (κ1) is 17.1. The second-order valence-electron chi connectivity index (χ2n) is 6.39. The molecular weight excluding hydrogens is 275 g/mol. The largest absolute Gasteiger partial charge is 0.444 e. The van der Waals surface area contributed by atoms with Crippen LogP contribution in [0.25, 0.3) is 0 Å². The minimum atomic E-state index is -4.66. The fourth-order valence-corrected chi connectivity index (χ4v) is 2.18. The topological polar surface area (TPSA) is 49.8 Å². The van der Waals surface area contributed by atoms with Gasteiger partial charge < -0.3 is 14.7 Å². The van der Waals surface area contributed by atoms with Gasteiger partial charge in [0.15, 0.2) is 5.60 Å². The van der Waals surface area contributed by atoms with E-state index in [4.69, 9.17) is 4.74 Å². The number of alkyl halides is 3. The number of hydrogen-bond acceptors (Lipinski definition) is 3. The van der Waals surface area contributed by atoms with Crippen molar-refractivity contribution in [3.63, 3.8) is 0 Å². The second-order valence-corrected chi connectivity index (χ2v) is 6.39. The fourth-order valence-electron chi connectivity index (χ4n) is 2.18. The minimum Gasteiger partial charge on any atom is -0.444 e. The first-order valence-electron chi connectivity index (χ1n) is 6.61. The van der Waals surface area contributed by atoms with E-state index < -0.39 is 29.4 Å². The van der Waals surface area contributed by atoms with E-state index in [-0.39, 0.29) is 25.9 Å². The quantitative estimate of drug-likeness (QED) is 0.809. The molecule has 0 spiro atoms. The molecule has 118 valence electrons. The van der Waals surface area contributed by atoms with E-state index in [9.17, 15) is 23.1 Å². The summed E-state index contributed by atoms with van der Waals surface area (Å²) in [5, 5.41) is 9.63. The summed E-state index contributed by atoms with van der Waals surface area (Å²) in [6.07, 6.45) is -4.98. The summed E-state index contributed by atoms with van der Waals surface area (Å²) in [4.78, 5) is 13.2. The zero-order valence-electron chi connectivity index (χ0n) is 12.3. The number of rotatable bonds is 1. The summed E-state index contributed by atoms with van der Waals surface area (Å²) in [6, 6.07) is 0. The zero-order valence-corrected chi connectivity index (χ0v) is 12.3. The SMILES string of the molecule is CC(C)(C)OC(=O)N1CCC(C(C)(O)C(F)(F)F)CC1. The van der Waals surface area contributed by atoms with Crippen LogP contribution in [0, 0.1) is 5.92 Å². The summed E-state index contributed by atoms with van der Waals surface area (Å²) in [5.41, 5.74) is -3.35.